The van der Waals surface area contributed by atoms with Gasteiger partial charge in [0.05, 0.1) is 20.6 Å². The fraction of sp³-hybridized carbons (Fsp3) is 0.778. The number of aliphatic hydroxyl groups is 1. The summed E-state index contributed by atoms with van der Waals surface area (Å²) < 4.78 is 14.9. The van der Waals surface area contributed by atoms with Gasteiger partial charge in [-0.05, 0) is 33.6 Å². The van der Waals surface area contributed by atoms with Crippen LogP contribution in [0.3, 0.4) is 0 Å². The van der Waals surface area contributed by atoms with E-state index in [4.69, 9.17) is 14.2 Å². The molecule has 2 atom stereocenters. The number of esters is 3. The molecular formula is C18H29NO8. The molecule has 0 aromatic rings. The number of methoxy groups -OCH3 is 2. The van der Waals surface area contributed by atoms with Gasteiger partial charge >= 0.3 is 17.9 Å². The summed E-state index contributed by atoms with van der Waals surface area (Å²) in [7, 11) is 2.03. The fourth-order valence-corrected chi connectivity index (χ4v) is 3.37. The average Bonchev–Trinajstić information content (AvgIpc) is 2.70. The molecule has 1 heterocycles. The molecule has 1 aliphatic rings. The summed E-state index contributed by atoms with van der Waals surface area (Å²) in [5, 5.41) is 10.9. The van der Waals surface area contributed by atoms with Crippen molar-refractivity contribution in [3.8, 4) is 0 Å². The predicted molar refractivity (Wildman–Crippen MR) is 93.3 cm³/mol. The zero-order chi connectivity index (χ0) is 21.4. The second kappa shape index (κ2) is 7.46. The normalized spacial score (nSPS) is 23.2. The Bertz CT molecular complexity index is 616. The van der Waals surface area contributed by atoms with Gasteiger partial charge in [0.2, 0.25) is 5.91 Å². The van der Waals surface area contributed by atoms with E-state index < -0.39 is 58.9 Å². The Kier molecular flexibility index (Phi) is 6.32. The van der Waals surface area contributed by atoms with Crippen LogP contribution in [0.4, 0.5) is 0 Å². The molecule has 0 radical (unpaired) electrons. The molecule has 1 amide bonds. The van der Waals surface area contributed by atoms with E-state index in [-0.39, 0.29) is 0 Å². The minimum absolute atomic E-state index is 0.536. The van der Waals surface area contributed by atoms with Gasteiger partial charge in [0, 0.05) is 0 Å². The third-order valence-corrected chi connectivity index (χ3v) is 4.42. The molecule has 9 heteroatoms. The second-order valence-corrected chi connectivity index (χ2v) is 8.13. The first-order chi connectivity index (χ1) is 12.2. The number of likely N-dealkylation sites (tertiary alicyclic amines) is 1. The van der Waals surface area contributed by atoms with Crippen LogP contribution in [0.1, 0.15) is 48.0 Å². The molecular weight excluding hydrogens is 358 g/mol. The van der Waals surface area contributed by atoms with Crippen molar-refractivity contribution in [2.24, 2.45) is 5.92 Å². The van der Waals surface area contributed by atoms with Gasteiger partial charge in [-0.25, -0.2) is 14.4 Å². The van der Waals surface area contributed by atoms with E-state index in [0.717, 1.165) is 26.0 Å². The summed E-state index contributed by atoms with van der Waals surface area (Å²) in [6.45, 7) is 9.38. The maximum absolute atomic E-state index is 12.9. The number of hydrogen-bond acceptors (Lipinski definition) is 8. The first kappa shape index (κ1) is 22.9. The van der Waals surface area contributed by atoms with Gasteiger partial charge in [-0.2, -0.15) is 0 Å². The Balaban J connectivity index is 3.71. The highest BCUT2D eigenvalue weighted by Crippen LogP contribution is 2.44. The summed E-state index contributed by atoms with van der Waals surface area (Å²) in [4.78, 5) is 51.9. The second-order valence-electron chi connectivity index (χ2n) is 8.13. The van der Waals surface area contributed by atoms with Gasteiger partial charge in [0.15, 0.2) is 0 Å². The Hall–Kier alpha value is -2.16. The van der Waals surface area contributed by atoms with E-state index in [2.05, 4.69) is 0 Å². The number of rotatable bonds is 5. The average molecular weight is 387 g/mol. The lowest BCUT2D eigenvalue weighted by Crippen LogP contribution is -2.71. The quantitative estimate of drug-likeness (QED) is 0.409. The third-order valence-electron chi connectivity index (χ3n) is 4.42. The molecule has 9 nitrogen and oxygen atoms in total. The van der Waals surface area contributed by atoms with E-state index in [1.807, 2.05) is 0 Å². The van der Waals surface area contributed by atoms with Crippen LogP contribution in [0.2, 0.25) is 0 Å². The van der Waals surface area contributed by atoms with Crippen LogP contribution in [-0.2, 0) is 33.4 Å². The highest BCUT2D eigenvalue weighted by atomic mass is 16.6. The summed E-state index contributed by atoms with van der Waals surface area (Å²) in [5.41, 5.74) is -5.55. The first-order valence-electron chi connectivity index (χ1n) is 8.61. The first-order valence-corrected chi connectivity index (χ1v) is 8.61. The van der Waals surface area contributed by atoms with Crippen LogP contribution >= 0.6 is 0 Å². The number of nitrogens with zero attached hydrogens (tertiary/aromatic N) is 1. The van der Waals surface area contributed by atoms with Crippen molar-refractivity contribution in [2.75, 3.05) is 14.2 Å². The molecule has 0 spiro atoms. The van der Waals surface area contributed by atoms with Crippen molar-refractivity contribution in [3.05, 3.63) is 0 Å². The molecule has 1 unspecified atom stereocenters. The zero-order valence-electron chi connectivity index (χ0n) is 17.1. The molecule has 1 fully saturated rings. The van der Waals surface area contributed by atoms with Gasteiger partial charge in [0.1, 0.15) is 17.2 Å². The van der Waals surface area contributed by atoms with Crippen LogP contribution in [-0.4, -0.2) is 70.8 Å². The molecule has 0 bridgehead atoms. The van der Waals surface area contributed by atoms with E-state index in [1.54, 1.807) is 34.6 Å². The van der Waals surface area contributed by atoms with Crippen molar-refractivity contribution >= 4 is 23.8 Å². The largest absolute Gasteiger partial charge is 0.467 e. The number of carbonyl (C=O) groups is 4. The molecule has 154 valence electrons. The van der Waals surface area contributed by atoms with Gasteiger partial charge in [0.25, 0.3) is 5.54 Å². The third kappa shape index (κ3) is 3.78. The van der Waals surface area contributed by atoms with Gasteiger partial charge in [-0.1, -0.05) is 13.8 Å². The van der Waals surface area contributed by atoms with Crippen LogP contribution in [0.5, 0.6) is 0 Å². The minimum atomic E-state index is -2.53. The molecule has 1 aliphatic heterocycles. The SMILES string of the molecule is COC(=O)C1(C(=O)OC)N([C@@H](C(=O)OC(C)(C)C)C(C)C)C(=O)CC1(C)O. The number of hydrogen-bond donors (Lipinski definition) is 1. The Morgan fingerprint density at radius 3 is 1.89 bits per heavy atom. The summed E-state index contributed by atoms with van der Waals surface area (Å²) in [6.07, 6.45) is -0.566. The Morgan fingerprint density at radius 2 is 1.56 bits per heavy atom. The van der Waals surface area contributed by atoms with E-state index in [9.17, 15) is 24.3 Å². The van der Waals surface area contributed by atoms with E-state index >= 15 is 0 Å². The van der Waals surface area contributed by atoms with E-state index in [0.29, 0.717) is 0 Å². The fourth-order valence-electron chi connectivity index (χ4n) is 3.37. The van der Waals surface area contributed by atoms with Crippen molar-refractivity contribution in [1.29, 1.82) is 0 Å². The monoisotopic (exact) mass is 387 g/mol. The lowest BCUT2D eigenvalue weighted by Gasteiger charge is -2.43. The van der Waals surface area contributed by atoms with Gasteiger partial charge in [-0.3, -0.25) is 4.79 Å². The van der Waals surface area contributed by atoms with Crippen molar-refractivity contribution in [1.82, 2.24) is 4.90 Å². The molecule has 1 saturated heterocycles. The molecule has 0 saturated carbocycles. The molecule has 0 aromatic heterocycles. The number of carbonyl (C=O) groups excluding carboxylic acids is 4. The standard InChI is InChI=1S/C18H29NO8/c1-10(2)12(13(21)27-16(3,4)5)19-11(20)9-17(6,24)18(19,14(22)25-7)15(23)26-8/h10,12,24H,9H2,1-8H3/t12-,17?/m1/s1. The Labute approximate surface area is 158 Å². The summed E-state index contributed by atoms with van der Waals surface area (Å²) >= 11 is 0. The molecule has 1 N–H and O–H groups in total. The van der Waals surface area contributed by atoms with Crippen LogP contribution in [0.25, 0.3) is 0 Å². The topological polar surface area (TPSA) is 119 Å². The van der Waals surface area contributed by atoms with Crippen molar-refractivity contribution in [2.45, 2.75) is 70.7 Å². The summed E-state index contributed by atoms with van der Waals surface area (Å²) in [5.74, 6) is -4.49. The smallest absolute Gasteiger partial charge is 0.346 e. The summed E-state index contributed by atoms with van der Waals surface area (Å²) in [6, 6.07) is -1.32. The molecule has 1 rings (SSSR count). The van der Waals surface area contributed by atoms with Crippen molar-refractivity contribution < 1.29 is 38.5 Å². The zero-order valence-corrected chi connectivity index (χ0v) is 17.1. The molecule has 0 aliphatic carbocycles. The van der Waals surface area contributed by atoms with Gasteiger partial charge < -0.3 is 24.2 Å². The highest BCUT2D eigenvalue weighted by molar-refractivity contribution is 6.13. The Morgan fingerprint density at radius 1 is 1.11 bits per heavy atom. The molecule has 27 heavy (non-hydrogen) atoms. The lowest BCUT2D eigenvalue weighted by atomic mass is 9.80. The number of ether oxygens (including phenoxy) is 3. The van der Waals surface area contributed by atoms with Crippen LogP contribution in [0, 0.1) is 5.92 Å². The minimum Gasteiger partial charge on any atom is -0.467 e. The maximum Gasteiger partial charge on any atom is 0.346 e. The van der Waals surface area contributed by atoms with E-state index in [1.165, 1.54) is 0 Å². The predicted octanol–water partition coefficient (Wildman–Crippen LogP) is 0.421. The maximum atomic E-state index is 12.9. The molecule has 0 aromatic carbocycles. The lowest BCUT2D eigenvalue weighted by molar-refractivity contribution is -0.193. The highest BCUT2D eigenvalue weighted by Gasteiger charge is 2.73. The van der Waals surface area contributed by atoms with Crippen molar-refractivity contribution in [3.63, 3.8) is 0 Å². The van der Waals surface area contributed by atoms with Crippen LogP contribution in [0.15, 0.2) is 0 Å². The number of amides is 1. The van der Waals surface area contributed by atoms with Gasteiger partial charge in [-0.15, -0.1) is 0 Å². The van der Waals surface area contributed by atoms with Crippen LogP contribution < -0.4 is 0 Å².